The van der Waals surface area contributed by atoms with Crippen LogP contribution < -0.4 is 10.2 Å². The van der Waals surface area contributed by atoms with Gasteiger partial charge in [-0.2, -0.15) is 0 Å². The van der Waals surface area contributed by atoms with E-state index in [1.54, 1.807) is 36.4 Å². The number of nitro benzene ring substituents is 1. The number of hydrogen-bond donors (Lipinski definition) is 2. The minimum atomic E-state index is -0.466. The number of anilines is 1. The van der Waals surface area contributed by atoms with E-state index in [2.05, 4.69) is 5.32 Å². The van der Waals surface area contributed by atoms with E-state index in [4.69, 9.17) is 0 Å². The van der Waals surface area contributed by atoms with Crippen molar-refractivity contribution in [3.05, 3.63) is 69.8 Å². The first-order valence-corrected chi connectivity index (χ1v) is 7.40. The van der Waals surface area contributed by atoms with Crippen LogP contribution in [0, 0.1) is 10.1 Å². The number of carbonyl (C=O) groups excluding carboxylic acids is 1. The molecule has 0 unspecified atom stereocenters. The van der Waals surface area contributed by atoms with Crippen molar-refractivity contribution < 1.29 is 14.6 Å². The maximum Gasteiger partial charge on any atom is 0.293 e. The highest BCUT2D eigenvalue weighted by Crippen LogP contribution is 2.26. The van der Waals surface area contributed by atoms with E-state index in [0.717, 1.165) is 6.54 Å². The lowest BCUT2D eigenvalue weighted by Gasteiger charge is -2.10. The molecule has 2 N–H and O–H groups in total. The topological polar surface area (TPSA) is 76.7 Å². The van der Waals surface area contributed by atoms with Crippen molar-refractivity contribution in [1.29, 1.82) is 0 Å². The fourth-order valence-corrected chi connectivity index (χ4v) is 2.18. The van der Waals surface area contributed by atoms with Crippen LogP contribution in [-0.4, -0.2) is 37.9 Å². The predicted molar refractivity (Wildman–Crippen MR) is 89.1 cm³/mol. The van der Waals surface area contributed by atoms with Crippen LogP contribution in [0.15, 0.2) is 48.5 Å². The Balaban J connectivity index is 2.25. The molecule has 0 heterocycles. The Hall–Kier alpha value is -2.73. The number of hydrogen-bond acceptors (Lipinski definition) is 4. The maximum atomic E-state index is 12.4. The molecule has 2 aromatic rings. The van der Waals surface area contributed by atoms with Crippen LogP contribution in [0.25, 0.3) is 0 Å². The second-order valence-corrected chi connectivity index (χ2v) is 5.57. The molecule has 120 valence electrons. The number of nitro groups is 1. The lowest BCUT2D eigenvalue weighted by molar-refractivity contribution is -0.856. The minimum absolute atomic E-state index is 0.0828. The largest absolute Gasteiger partial charge is 0.374 e. The average molecular weight is 314 g/mol. The van der Waals surface area contributed by atoms with Gasteiger partial charge in [-0.3, -0.25) is 14.9 Å². The number of ketones is 1. The molecule has 2 rings (SSSR count). The van der Waals surface area contributed by atoms with Crippen molar-refractivity contribution in [2.24, 2.45) is 0 Å². The zero-order valence-corrected chi connectivity index (χ0v) is 13.2. The summed E-state index contributed by atoms with van der Waals surface area (Å²) >= 11 is 0. The molecule has 0 aliphatic heterocycles. The molecule has 0 aromatic heterocycles. The summed E-state index contributed by atoms with van der Waals surface area (Å²) in [6.07, 6.45) is 0. The normalized spacial score (nSPS) is 10.6. The van der Waals surface area contributed by atoms with E-state index in [1.165, 1.54) is 11.0 Å². The third kappa shape index (κ3) is 4.37. The van der Waals surface area contributed by atoms with E-state index >= 15 is 0 Å². The fourth-order valence-electron chi connectivity index (χ4n) is 2.18. The van der Waals surface area contributed by atoms with E-state index < -0.39 is 4.92 Å². The van der Waals surface area contributed by atoms with Crippen molar-refractivity contribution in [2.45, 2.75) is 0 Å². The van der Waals surface area contributed by atoms with Crippen LogP contribution in [0.4, 0.5) is 11.4 Å². The maximum absolute atomic E-state index is 12.4. The van der Waals surface area contributed by atoms with Gasteiger partial charge in [0.05, 0.1) is 32.1 Å². The van der Waals surface area contributed by atoms with Crippen LogP contribution in [0.2, 0.25) is 0 Å². The van der Waals surface area contributed by atoms with Crippen LogP contribution in [0.1, 0.15) is 15.9 Å². The van der Waals surface area contributed by atoms with Crippen LogP contribution in [0.5, 0.6) is 0 Å². The van der Waals surface area contributed by atoms with Gasteiger partial charge in [-0.15, -0.1) is 0 Å². The number of nitrogens with one attached hydrogen (secondary N) is 2. The fraction of sp³-hybridized carbons (Fsp3) is 0.235. The molecule has 6 heteroatoms. The van der Waals surface area contributed by atoms with Crippen LogP contribution in [0.3, 0.4) is 0 Å². The summed E-state index contributed by atoms with van der Waals surface area (Å²) in [6, 6.07) is 13.3. The Kier molecular flexibility index (Phi) is 5.43. The summed E-state index contributed by atoms with van der Waals surface area (Å²) in [7, 11) is 4.02. The molecule has 2 aromatic carbocycles. The van der Waals surface area contributed by atoms with Crippen LogP contribution >= 0.6 is 0 Å². The lowest BCUT2D eigenvalue weighted by atomic mass is 10.0. The quantitative estimate of drug-likeness (QED) is 0.460. The van der Waals surface area contributed by atoms with Gasteiger partial charge in [-0.05, 0) is 12.1 Å². The number of carbonyl (C=O) groups is 1. The third-order valence-electron chi connectivity index (χ3n) is 3.43. The summed E-state index contributed by atoms with van der Waals surface area (Å²) < 4.78 is 0. The summed E-state index contributed by atoms with van der Waals surface area (Å²) in [5.74, 6) is -0.224. The molecule has 0 aliphatic rings. The first-order valence-electron chi connectivity index (χ1n) is 7.40. The van der Waals surface area contributed by atoms with Gasteiger partial charge in [0.2, 0.25) is 0 Å². The van der Waals surface area contributed by atoms with Gasteiger partial charge < -0.3 is 10.2 Å². The Bertz CT molecular complexity index is 699. The van der Waals surface area contributed by atoms with Gasteiger partial charge in [0.1, 0.15) is 5.69 Å². The van der Waals surface area contributed by atoms with E-state index in [1.807, 2.05) is 20.2 Å². The molecule has 23 heavy (non-hydrogen) atoms. The summed E-state index contributed by atoms with van der Waals surface area (Å²) in [5.41, 5.74) is 1.17. The highest BCUT2D eigenvalue weighted by atomic mass is 16.6. The molecular formula is C17H20N3O3+. The number of likely N-dealkylation sites (N-methyl/N-ethyl adjacent to an activating group) is 1. The average Bonchev–Trinajstić information content (AvgIpc) is 2.54. The second-order valence-electron chi connectivity index (χ2n) is 5.57. The third-order valence-corrected chi connectivity index (χ3v) is 3.43. The Morgan fingerprint density at radius 2 is 1.83 bits per heavy atom. The first kappa shape index (κ1) is 16.6. The molecule has 0 aliphatic carbocycles. The van der Waals surface area contributed by atoms with Crippen LogP contribution in [-0.2, 0) is 0 Å². The zero-order chi connectivity index (χ0) is 16.8. The summed E-state index contributed by atoms with van der Waals surface area (Å²) in [5, 5.41) is 14.3. The SMILES string of the molecule is C[NH+](C)CCNc1ccc(C(=O)c2ccccc2)cc1[N+](=O)[O-]. The molecule has 0 spiro atoms. The van der Waals surface area contributed by atoms with Crippen molar-refractivity contribution in [2.75, 3.05) is 32.5 Å². The van der Waals surface area contributed by atoms with Gasteiger partial charge in [0.15, 0.2) is 5.78 Å². The number of nitrogens with zero attached hydrogens (tertiary/aromatic N) is 1. The minimum Gasteiger partial charge on any atom is -0.374 e. The molecular weight excluding hydrogens is 294 g/mol. The highest BCUT2D eigenvalue weighted by Gasteiger charge is 2.18. The monoisotopic (exact) mass is 314 g/mol. The Labute approximate surface area is 134 Å². The number of rotatable bonds is 7. The van der Waals surface area contributed by atoms with E-state index in [-0.39, 0.29) is 11.5 Å². The van der Waals surface area contributed by atoms with Crippen molar-refractivity contribution in [1.82, 2.24) is 0 Å². The summed E-state index contributed by atoms with van der Waals surface area (Å²) in [6.45, 7) is 1.46. The van der Waals surface area contributed by atoms with Crippen molar-refractivity contribution in [3.63, 3.8) is 0 Å². The van der Waals surface area contributed by atoms with Crippen molar-refractivity contribution in [3.8, 4) is 0 Å². The molecule has 6 nitrogen and oxygen atoms in total. The van der Waals surface area contributed by atoms with Gasteiger partial charge >= 0.3 is 0 Å². The number of benzene rings is 2. The second kappa shape index (κ2) is 7.51. The van der Waals surface area contributed by atoms with Gasteiger partial charge in [-0.1, -0.05) is 30.3 Å². The predicted octanol–water partition coefficient (Wildman–Crippen LogP) is 1.38. The van der Waals surface area contributed by atoms with Gasteiger partial charge in [0, 0.05) is 17.2 Å². The molecule has 0 bridgehead atoms. The smallest absolute Gasteiger partial charge is 0.293 e. The zero-order valence-electron chi connectivity index (χ0n) is 13.2. The van der Waals surface area contributed by atoms with Gasteiger partial charge in [-0.25, -0.2) is 0 Å². The molecule has 0 atom stereocenters. The van der Waals surface area contributed by atoms with Crippen molar-refractivity contribution >= 4 is 17.2 Å². The molecule has 0 fully saturated rings. The van der Waals surface area contributed by atoms with E-state index in [9.17, 15) is 14.9 Å². The highest BCUT2D eigenvalue weighted by molar-refractivity contribution is 6.09. The first-order chi connectivity index (χ1) is 11.0. The molecule has 0 amide bonds. The van der Waals surface area contributed by atoms with E-state index in [0.29, 0.717) is 23.4 Å². The van der Waals surface area contributed by atoms with Gasteiger partial charge in [0.25, 0.3) is 5.69 Å². The molecule has 0 radical (unpaired) electrons. The Morgan fingerprint density at radius 1 is 1.13 bits per heavy atom. The number of quaternary nitrogens is 1. The lowest BCUT2D eigenvalue weighted by Crippen LogP contribution is -3.06. The molecule has 0 saturated carbocycles. The Morgan fingerprint density at radius 3 is 2.43 bits per heavy atom. The molecule has 0 saturated heterocycles. The standard InChI is InChI=1S/C17H19N3O3/c1-19(2)11-10-18-15-9-8-14(12-16(15)20(22)23)17(21)13-6-4-3-5-7-13/h3-9,12,18H,10-11H2,1-2H3/p+1. The summed E-state index contributed by atoms with van der Waals surface area (Å²) in [4.78, 5) is 24.4.